The van der Waals surface area contributed by atoms with Crippen LogP contribution in [0.25, 0.3) is 0 Å². The Hall–Kier alpha value is -1.06. The van der Waals surface area contributed by atoms with Crippen LogP contribution in [0.3, 0.4) is 0 Å². The molecule has 0 amide bonds. The van der Waals surface area contributed by atoms with Gasteiger partial charge in [0, 0.05) is 6.54 Å². The van der Waals surface area contributed by atoms with Crippen LogP contribution < -0.4 is 4.74 Å². The summed E-state index contributed by atoms with van der Waals surface area (Å²) < 4.78 is 5.11. The van der Waals surface area contributed by atoms with Crippen molar-refractivity contribution in [2.75, 3.05) is 26.7 Å². The lowest BCUT2D eigenvalue weighted by Gasteiger charge is -2.27. The molecule has 1 aliphatic heterocycles. The first kappa shape index (κ1) is 13.4. The van der Waals surface area contributed by atoms with Gasteiger partial charge >= 0.3 is 0 Å². The number of rotatable bonds is 5. The van der Waals surface area contributed by atoms with Crippen molar-refractivity contribution in [3.05, 3.63) is 29.8 Å². The van der Waals surface area contributed by atoms with Gasteiger partial charge in [-0.05, 0) is 50.0 Å². The molecule has 1 aromatic carbocycles. The Morgan fingerprint density at radius 1 is 1.17 bits per heavy atom. The van der Waals surface area contributed by atoms with E-state index in [-0.39, 0.29) is 6.10 Å². The first-order valence-electron chi connectivity index (χ1n) is 6.84. The number of ether oxygens (including phenoxy) is 1. The molecule has 1 saturated heterocycles. The number of methoxy groups -OCH3 is 1. The van der Waals surface area contributed by atoms with Crippen molar-refractivity contribution < 1.29 is 9.84 Å². The van der Waals surface area contributed by atoms with Crippen molar-refractivity contribution in [1.29, 1.82) is 0 Å². The molecule has 3 nitrogen and oxygen atoms in total. The zero-order valence-electron chi connectivity index (χ0n) is 11.1. The van der Waals surface area contributed by atoms with Crippen molar-refractivity contribution in [3.8, 4) is 5.75 Å². The van der Waals surface area contributed by atoms with Gasteiger partial charge in [-0.3, -0.25) is 0 Å². The molecule has 0 spiro atoms. The van der Waals surface area contributed by atoms with Crippen molar-refractivity contribution in [3.63, 3.8) is 0 Å². The number of benzene rings is 1. The lowest BCUT2D eigenvalue weighted by Crippen LogP contribution is -2.31. The highest BCUT2D eigenvalue weighted by Gasteiger charge is 2.13. The topological polar surface area (TPSA) is 32.7 Å². The molecular formula is C15H23NO2. The van der Waals surface area contributed by atoms with E-state index in [2.05, 4.69) is 4.90 Å². The van der Waals surface area contributed by atoms with Crippen LogP contribution in [-0.4, -0.2) is 36.8 Å². The van der Waals surface area contributed by atoms with E-state index in [0.29, 0.717) is 0 Å². The Morgan fingerprint density at radius 3 is 2.44 bits per heavy atom. The van der Waals surface area contributed by atoms with E-state index < -0.39 is 0 Å². The second-order valence-corrected chi connectivity index (χ2v) is 4.98. The number of likely N-dealkylation sites (tertiary alicyclic amines) is 1. The van der Waals surface area contributed by atoms with Crippen LogP contribution in [0.4, 0.5) is 0 Å². The third kappa shape index (κ3) is 3.72. The summed E-state index contributed by atoms with van der Waals surface area (Å²) in [5, 5.41) is 10.1. The summed E-state index contributed by atoms with van der Waals surface area (Å²) in [5.41, 5.74) is 0.979. The average molecular weight is 249 g/mol. The summed E-state index contributed by atoms with van der Waals surface area (Å²) in [4.78, 5) is 2.45. The van der Waals surface area contributed by atoms with E-state index in [9.17, 15) is 5.11 Å². The molecule has 1 aromatic rings. The minimum Gasteiger partial charge on any atom is -0.497 e. The molecule has 18 heavy (non-hydrogen) atoms. The van der Waals surface area contributed by atoms with E-state index >= 15 is 0 Å². The molecule has 1 aliphatic rings. The number of aliphatic hydroxyl groups is 1. The summed E-state index contributed by atoms with van der Waals surface area (Å²) in [5.74, 6) is 0.835. The maximum Gasteiger partial charge on any atom is 0.118 e. The zero-order valence-corrected chi connectivity index (χ0v) is 11.1. The van der Waals surface area contributed by atoms with Crippen molar-refractivity contribution in [1.82, 2.24) is 4.90 Å². The predicted octanol–water partition coefficient (Wildman–Crippen LogP) is 2.60. The highest BCUT2D eigenvalue weighted by molar-refractivity contribution is 5.28. The molecule has 0 radical (unpaired) electrons. The van der Waals surface area contributed by atoms with Crippen molar-refractivity contribution in [2.24, 2.45) is 0 Å². The van der Waals surface area contributed by atoms with Gasteiger partial charge in [0.05, 0.1) is 13.2 Å². The molecule has 0 bridgehead atoms. The minimum absolute atomic E-state index is 0.363. The largest absolute Gasteiger partial charge is 0.497 e. The fraction of sp³-hybridized carbons (Fsp3) is 0.600. The first-order valence-corrected chi connectivity index (χ1v) is 6.84. The molecule has 0 aromatic heterocycles. The third-order valence-electron chi connectivity index (χ3n) is 3.67. The standard InChI is InChI=1S/C15H23NO2/c1-18-14-7-5-13(6-8-14)15(17)9-12-16-10-3-2-4-11-16/h5-8,15,17H,2-4,9-12H2,1H3. The molecule has 0 saturated carbocycles. The molecule has 3 heteroatoms. The summed E-state index contributed by atoms with van der Waals surface area (Å²) in [6.07, 6.45) is 4.42. The second kappa shape index (κ2) is 6.76. The lowest BCUT2D eigenvalue weighted by molar-refractivity contribution is 0.134. The number of hydrogen-bond acceptors (Lipinski definition) is 3. The molecule has 1 unspecified atom stereocenters. The SMILES string of the molecule is COc1ccc(C(O)CCN2CCCCC2)cc1. The highest BCUT2D eigenvalue weighted by atomic mass is 16.5. The Morgan fingerprint density at radius 2 is 1.83 bits per heavy atom. The van der Waals surface area contributed by atoms with Crippen LogP contribution in [0.15, 0.2) is 24.3 Å². The Labute approximate surface area is 109 Å². The third-order valence-corrected chi connectivity index (χ3v) is 3.67. The minimum atomic E-state index is -0.363. The molecule has 0 aliphatic carbocycles. The van der Waals surface area contributed by atoms with E-state index in [4.69, 9.17) is 4.74 Å². The van der Waals surface area contributed by atoms with Crippen LogP contribution in [0.2, 0.25) is 0 Å². The summed E-state index contributed by atoms with van der Waals surface area (Å²) in [6, 6.07) is 7.69. The Bertz CT molecular complexity index is 344. The molecule has 1 fully saturated rings. The van der Waals surface area contributed by atoms with E-state index in [0.717, 1.165) is 24.3 Å². The number of piperidine rings is 1. The van der Waals surface area contributed by atoms with Crippen LogP contribution >= 0.6 is 0 Å². The summed E-state index contributed by atoms with van der Waals surface area (Å²) >= 11 is 0. The van der Waals surface area contributed by atoms with E-state index in [1.54, 1.807) is 7.11 Å². The molecule has 1 heterocycles. The quantitative estimate of drug-likeness (QED) is 0.870. The van der Waals surface area contributed by atoms with Crippen LogP contribution in [0.1, 0.15) is 37.4 Å². The van der Waals surface area contributed by atoms with Crippen LogP contribution in [0.5, 0.6) is 5.75 Å². The normalized spacial score (nSPS) is 18.6. The molecular weight excluding hydrogens is 226 g/mol. The highest BCUT2D eigenvalue weighted by Crippen LogP contribution is 2.21. The van der Waals surface area contributed by atoms with Crippen LogP contribution in [0, 0.1) is 0 Å². The van der Waals surface area contributed by atoms with Gasteiger partial charge in [0.25, 0.3) is 0 Å². The fourth-order valence-electron chi connectivity index (χ4n) is 2.48. The lowest BCUT2D eigenvalue weighted by atomic mass is 10.1. The van der Waals surface area contributed by atoms with Gasteiger partial charge in [0.1, 0.15) is 5.75 Å². The van der Waals surface area contributed by atoms with Crippen molar-refractivity contribution >= 4 is 0 Å². The molecule has 1 N–H and O–H groups in total. The molecule has 2 rings (SSSR count). The molecule has 1 atom stereocenters. The average Bonchev–Trinajstić information content (AvgIpc) is 2.46. The monoisotopic (exact) mass is 249 g/mol. The maximum absolute atomic E-state index is 10.1. The fourth-order valence-corrected chi connectivity index (χ4v) is 2.48. The van der Waals surface area contributed by atoms with Gasteiger partial charge in [-0.1, -0.05) is 18.6 Å². The smallest absolute Gasteiger partial charge is 0.118 e. The second-order valence-electron chi connectivity index (χ2n) is 4.98. The Balaban J connectivity index is 1.80. The number of aliphatic hydroxyl groups excluding tert-OH is 1. The van der Waals surface area contributed by atoms with Crippen LogP contribution in [-0.2, 0) is 0 Å². The number of hydrogen-bond donors (Lipinski definition) is 1. The summed E-state index contributed by atoms with van der Waals surface area (Å²) in [7, 11) is 1.65. The van der Waals surface area contributed by atoms with Gasteiger partial charge in [-0.15, -0.1) is 0 Å². The van der Waals surface area contributed by atoms with E-state index in [1.165, 1.54) is 32.4 Å². The van der Waals surface area contributed by atoms with Gasteiger partial charge < -0.3 is 14.7 Å². The number of nitrogens with zero attached hydrogens (tertiary/aromatic N) is 1. The Kier molecular flexibility index (Phi) is 5.02. The van der Waals surface area contributed by atoms with Gasteiger partial charge in [0.2, 0.25) is 0 Å². The first-order chi connectivity index (χ1) is 8.79. The predicted molar refractivity (Wildman–Crippen MR) is 72.9 cm³/mol. The van der Waals surface area contributed by atoms with Gasteiger partial charge in [0.15, 0.2) is 0 Å². The zero-order chi connectivity index (χ0) is 12.8. The van der Waals surface area contributed by atoms with Gasteiger partial charge in [-0.2, -0.15) is 0 Å². The van der Waals surface area contributed by atoms with Crippen molar-refractivity contribution in [2.45, 2.75) is 31.8 Å². The summed E-state index contributed by atoms with van der Waals surface area (Å²) in [6.45, 7) is 3.37. The van der Waals surface area contributed by atoms with E-state index in [1.807, 2.05) is 24.3 Å². The maximum atomic E-state index is 10.1. The van der Waals surface area contributed by atoms with Gasteiger partial charge in [-0.25, -0.2) is 0 Å². The molecule has 100 valence electrons.